The Morgan fingerprint density at radius 2 is 1.84 bits per heavy atom. The second-order valence-electron chi connectivity index (χ2n) is 6.39. The third-order valence-electron chi connectivity index (χ3n) is 3.59. The summed E-state index contributed by atoms with van der Waals surface area (Å²) in [6, 6.07) is 1.87. The highest BCUT2D eigenvalue weighted by Gasteiger charge is 2.20. The van der Waals surface area contributed by atoms with Crippen LogP contribution in [0.15, 0.2) is 6.07 Å². The highest BCUT2D eigenvalue weighted by molar-refractivity contribution is 5.47. The lowest BCUT2D eigenvalue weighted by Gasteiger charge is -2.19. The van der Waals surface area contributed by atoms with Crippen molar-refractivity contribution in [3.05, 3.63) is 11.9 Å². The molecule has 1 fully saturated rings. The van der Waals surface area contributed by atoms with Gasteiger partial charge in [0.2, 0.25) is 0 Å². The molecule has 1 aliphatic carbocycles. The summed E-state index contributed by atoms with van der Waals surface area (Å²) in [7, 11) is 0. The van der Waals surface area contributed by atoms with E-state index >= 15 is 0 Å². The molecule has 106 valence electrons. The van der Waals surface area contributed by atoms with E-state index in [0.717, 1.165) is 24.1 Å². The van der Waals surface area contributed by atoms with Gasteiger partial charge in [0.15, 0.2) is 0 Å². The fourth-order valence-corrected chi connectivity index (χ4v) is 2.41. The lowest BCUT2D eigenvalue weighted by molar-refractivity contribution is 0.544. The van der Waals surface area contributed by atoms with Gasteiger partial charge in [-0.2, -0.15) is 0 Å². The van der Waals surface area contributed by atoms with Crippen molar-refractivity contribution in [2.24, 2.45) is 11.8 Å². The number of hydrazine groups is 1. The topological polar surface area (TPSA) is 75.9 Å². The Bertz CT molecular complexity index is 418. The zero-order valence-corrected chi connectivity index (χ0v) is 12.2. The Hall–Kier alpha value is -1.36. The van der Waals surface area contributed by atoms with Gasteiger partial charge in [0.05, 0.1) is 0 Å². The maximum atomic E-state index is 5.48. The van der Waals surface area contributed by atoms with E-state index in [-0.39, 0.29) is 5.41 Å². The summed E-state index contributed by atoms with van der Waals surface area (Å²) in [5, 5.41) is 3.43. The van der Waals surface area contributed by atoms with Crippen LogP contribution in [0.3, 0.4) is 0 Å². The van der Waals surface area contributed by atoms with Crippen LogP contribution >= 0.6 is 0 Å². The predicted molar refractivity (Wildman–Crippen MR) is 79.0 cm³/mol. The van der Waals surface area contributed by atoms with Crippen LogP contribution in [0.2, 0.25) is 0 Å². The molecule has 0 aromatic carbocycles. The molecule has 1 heterocycles. The van der Waals surface area contributed by atoms with Gasteiger partial charge in [-0.1, -0.05) is 33.6 Å². The van der Waals surface area contributed by atoms with Gasteiger partial charge in [0.25, 0.3) is 0 Å². The minimum absolute atomic E-state index is 0.0867. The third-order valence-corrected chi connectivity index (χ3v) is 3.59. The summed E-state index contributed by atoms with van der Waals surface area (Å²) in [6.45, 7) is 7.29. The molecular weight excluding hydrogens is 238 g/mol. The Morgan fingerprint density at radius 1 is 1.21 bits per heavy atom. The quantitative estimate of drug-likeness (QED) is 0.575. The number of nitrogens with zero attached hydrogens (tertiary/aromatic N) is 2. The minimum Gasteiger partial charge on any atom is -0.370 e. The number of hydrogen-bond acceptors (Lipinski definition) is 5. The molecule has 5 heteroatoms. The van der Waals surface area contributed by atoms with E-state index < -0.39 is 0 Å². The van der Waals surface area contributed by atoms with Crippen LogP contribution in [0.1, 0.15) is 52.3 Å². The largest absolute Gasteiger partial charge is 0.370 e. The van der Waals surface area contributed by atoms with Crippen molar-refractivity contribution in [3.63, 3.8) is 0 Å². The fourth-order valence-electron chi connectivity index (χ4n) is 2.41. The Balaban J connectivity index is 2.10. The summed E-state index contributed by atoms with van der Waals surface area (Å²) in [4.78, 5) is 9.01. The number of nitrogens with two attached hydrogens (primary N) is 1. The molecule has 19 heavy (non-hydrogen) atoms. The minimum atomic E-state index is -0.0867. The lowest BCUT2D eigenvalue weighted by Crippen LogP contribution is -2.21. The zero-order chi connectivity index (χ0) is 13.9. The van der Waals surface area contributed by atoms with Gasteiger partial charge in [-0.25, -0.2) is 15.8 Å². The summed E-state index contributed by atoms with van der Waals surface area (Å²) < 4.78 is 0. The van der Waals surface area contributed by atoms with Crippen LogP contribution in [0.5, 0.6) is 0 Å². The molecule has 0 radical (unpaired) electrons. The first-order valence-corrected chi connectivity index (χ1v) is 7.09. The molecule has 1 saturated carbocycles. The number of anilines is 2. The maximum Gasteiger partial charge on any atom is 0.145 e. The molecule has 0 spiro atoms. The van der Waals surface area contributed by atoms with E-state index in [2.05, 4.69) is 41.5 Å². The van der Waals surface area contributed by atoms with Crippen molar-refractivity contribution in [1.82, 2.24) is 9.97 Å². The highest BCUT2D eigenvalue weighted by Crippen LogP contribution is 2.26. The van der Waals surface area contributed by atoms with Gasteiger partial charge in [0, 0.05) is 18.0 Å². The number of aromatic nitrogens is 2. The molecule has 5 nitrogen and oxygen atoms in total. The first-order chi connectivity index (χ1) is 8.99. The van der Waals surface area contributed by atoms with Crippen molar-refractivity contribution in [3.8, 4) is 0 Å². The van der Waals surface area contributed by atoms with E-state index in [1.165, 1.54) is 25.7 Å². The predicted octanol–water partition coefficient (Wildman–Crippen LogP) is 2.66. The van der Waals surface area contributed by atoms with Gasteiger partial charge >= 0.3 is 0 Å². The molecule has 4 N–H and O–H groups in total. The van der Waals surface area contributed by atoms with Gasteiger partial charge < -0.3 is 10.7 Å². The smallest absolute Gasteiger partial charge is 0.145 e. The standard InChI is InChI=1S/C14H25N5/c1-14(2,3)13-17-11(8-12(18-13)19-15)16-9-10-6-4-5-7-10/h8,10H,4-7,9,15H2,1-3H3,(H2,16,17,18,19). The molecule has 0 amide bonds. The molecule has 1 aromatic rings. The molecule has 0 unspecified atom stereocenters. The van der Waals surface area contributed by atoms with Crippen LogP contribution in [-0.2, 0) is 5.41 Å². The molecular formula is C14H25N5. The fraction of sp³-hybridized carbons (Fsp3) is 0.714. The summed E-state index contributed by atoms with van der Waals surface area (Å²) in [5.41, 5.74) is 2.53. The van der Waals surface area contributed by atoms with Crippen LogP contribution in [0, 0.1) is 5.92 Å². The Morgan fingerprint density at radius 3 is 2.42 bits per heavy atom. The number of hydrogen-bond donors (Lipinski definition) is 3. The van der Waals surface area contributed by atoms with Crippen LogP contribution in [0.25, 0.3) is 0 Å². The SMILES string of the molecule is CC(C)(C)c1nc(NN)cc(NCC2CCCC2)n1. The third kappa shape index (κ3) is 3.80. The zero-order valence-electron chi connectivity index (χ0n) is 12.2. The Kier molecular flexibility index (Phi) is 4.24. The average Bonchev–Trinajstić information content (AvgIpc) is 2.88. The normalized spacial score (nSPS) is 16.6. The molecule has 0 bridgehead atoms. The van der Waals surface area contributed by atoms with Crippen molar-refractivity contribution in [2.75, 3.05) is 17.3 Å². The van der Waals surface area contributed by atoms with E-state index in [1.807, 2.05) is 6.07 Å². The number of rotatable bonds is 4. The second kappa shape index (κ2) is 5.74. The summed E-state index contributed by atoms with van der Waals surface area (Å²) >= 11 is 0. The van der Waals surface area contributed by atoms with Crippen molar-refractivity contribution >= 4 is 11.6 Å². The van der Waals surface area contributed by atoms with Crippen molar-refractivity contribution < 1.29 is 0 Å². The molecule has 0 saturated heterocycles. The summed E-state index contributed by atoms with van der Waals surface area (Å²) in [5.74, 6) is 8.59. The van der Waals surface area contributed by atoms with Gasteiger partial charge in [0.1, 0.15) is 17.5 Å². The first kappa shape index (κ1) is 14.1. The van der Waals surface area contributed by atoms with Crippen LogP contribution in [0.4, 0.5) is 11.6 Å². The maximum absolute atomic E-state index is 5.48. The van der Waals surface area contributed by atoms with Gasteiger partial charge in [-0.05, 0) is 18.8 Å². The Labute approximate surface area is 115 Å². The molecule has 1 aromatic heterocycles. The molecule has 0 atom stereocenters. The van der Waals surface area contributed by atoms with Crippen molar-refractivity contribution in [2.45, 2.75) is 51.9 Å². The number of nitrogen functional groups attached to an aromatic ring is 1. The second-order valence-corrected chi connectivity index (χ2v) is 6.39. The molecule has 1 aliphatic rings. The van der Waals surface area contributed by atoms with E-state index in [1.54, 1.807) is 0 Å². The first-order valence-electron chi connectivity index (χ1n) is 7.09. The molecule has 0 aliphatic heterocycles. The van der Waals surface area contributed by atoms with E-state index in [4.69, 9.17) is 5.84 Å². The highest BCUT2D eigenvalue weighted by atomic mass is 15.3. The van der Waals surface area contributed by atoms with Gasteiger partial charge in [-0.15, -0.1) is 0 Å². The summed E-state index contributed by atoms with van der Waals surface area (Å²) in [6.07, 6.45) is 5.37. The van der Waals surface area contributed by atoms with E-state index in [9.17, 15) is 0 Å². The van der Waals surface area contributed by atoms with Crippen LogP contribution < -0.4 is 16.6 Å². The average molecular weight is 263 g/mol. The van der Waals surface area contributed by atoms with Crippen LogP contribution in [-0.4, -0.2) is 16.5 Å². The lowest BCUT2D eigenvalue weighted by atomic mass is 9.96. The van der Waals surface area contributed by atoms with E-state index in [0.29, 0.717) is 5.82 Å². The number of nitrogens with one attached hydrogen (secondary N) is 2. The monoisotopic (exact) mass is 263 g/mol. The van der Waals surface area contributed by atoms with Crippen molar-refractivity contribution in [1.29, 1.82) is 0 Å². The molecule has 2 rings (SSSR count). The van der Waals surface area contributed by atoms with Gasteiger partial charge in [-0.3, -0.25) is 0 Å².